The summed E-state index contributed by atoms with van der Waals surface area (Å²) in [5.41, 5.74) is 9.00. The number of nitrogens with one attached hydrogen (secondary N) is 1. The van der Waals surface area contributed by atoms with Gasteiger partial charge in [0.15, 0.2) is 0 Å². The minimum Gasteiger partial charge on any atom is -0.483 e. The van der Waals surface area contributed by atoms with Gasteiger partial charge in [-0.3, -0.25) is 4.98 Å². The van der Waals surface area contributed by atoms with Crippen LogP contribution in [0.5, 0.6) is 5.75 Å². The van der Waals surface area contributed by atoms with Gasteiger partial charge in [0, 0.05) is 23.3 Å². The zero-order valence-corrected chi connectivity index (χ0v) is 11.8. The molecule has 3 N–H and O–H groups in total. The summed E-state index contributed by atoms with van der Waals surface area (Å²) in [7, 11) is 0. The van der Waals surface area contributed by atoms with Crippen LogP contribution in [-0.2, 0) is 0 Å². The SMILES string of the molecule is Nc1ccc2c(c1)OCC(=Nc1cccc3cccnc13)N2. The maximum atomic E-state index is 5.76. The molecule has 0 spiro atoms. The summed E-state index contributed by atoms with van der Waals surface area (Å²) < 4.78 is 5.71. The van der Waals surface area contributed by atoms with Crippen molar-refractivity contribution in [3.63, 3.8) is 0 Å². The molecule has 0 saturated heterocycles. The number of hydrogen-bond acceptors (Lipinski definition) is 4. The first-order valence-electron chi connectivity index (χ1n) is 7.00. The minimum atomic E-state index is 0.375. The largest absolute Gasteiger partial charge is 0.483 e. The number of anilines is 2. The third kappa shape index (κ3) is 2.22. The summed E-state index contributed by atoms with van der Waals surface area (Å²) in [6.45, 7) is 0.375. The summed E-state index contributed by atoms with van der Waals surface area (Å²) in [5.74, 6) is 1.49. The molecule has 1 aliphatic rings. The molecule has 108 valence electrons. The topological polar surface area (TPSA) is 72.5 Å². The van der Waals surface area contributed by atoms with Crippen molar-refractivity contribution in [2.45, 2.75) is 0 Å². The Morgan fingerprint density at radius 1 is 1.14 bits per heavy atom. The highest BCUT2D eigenvalue weighted by Gasteiger charge is 2.15. The van der Waals surface area contributed by atoms with Gasteiger partial charge < -0.3 is 15.8 Å². The summed E-state index contributed by atoms with van der Waals surface area (Å²) in [4.78, 5) is 9.06. The van der Waals surface area contributed by atoms with Gasteiger partial charge in [0.05, 0.1) is 16.9 Å². The molecule has 22 heavy (non-hydrogen) atoms. The number of benzene rings is 2. The molecule has 0 aliphatic carbocycles. The molecule has 2 aromatic carbocycles. The van der Waals surface area contributed by atoms with E-state index in [-0.39, 0.29) is 0 Å². The van der Waals surface area contributed by atoms with E-state index in [9.17, 15) is 0 Å². The van der Waals surface area contributed by atoms with Crippen molar-refractivity contribution >= 4 is 33.8 Å². The van der Waals surface area contributed by atoms with E-state index >= 15 is 0 Å². The fourth-order valence-corrected chi connectivity index (χ4v) is 2.48. The molecule has 0 bridgehead atoms. The van der Waals surface area contributed by atoms with Crippen LogP contribution in [0.3, 0.4) is 0 Å². The van der Waals surface area contributed by atoms with E-state index < -0.39 is 0 Å². The van der Waals surface area contributed by atoms with Crippen molar-refractivity contribution in [3.05, 3.63) is 54.7 Å². The first-order valence-corrected chi connectivity index (χ1v) is 7.00. The second-order valence-electron chi connectivity index (χ2n) is 5.08. The van der Waals surface area contributed by atoms with E-state index in [4.69, 9.17) is 10.5 Å². The fourth-order valence-electron chi connectivity index (χ4n) is 2.48. The smallest absolute Gasteiger partial charge is 0.146 e. The Bertz CT molecular complexity index is 883. The monoisotopic (exact) mass is 290 g/mol. The van der Waals surface area contributed by atoms with Crippen molar-refractivity contribution in [2.24, 2.45) is 4.99 Å². The Hall–Kier alpha value is -3.08. The summed E-state index contributed by atoms with van der Waals surface area (Å²) in [6.07, 6.45) is 1.77. The number of nitrogen functional groups attached to an aromatic ring is 1. The zero-order valence-electron chi connectivity index (χ0n) is 11.8. The highest BCUT2D eigenvalue weighted by atomic mass is 16.5. The summed E-state index contributed by atoms with van der Waals surface area (Å²) in [5, 5.41) is 4.34. The minimum absolute atomic E-state index is 0.375. The molecular weight excluding hydrogens is 276 g/mol. The highest BCUT2D eigenvalue weighted by molar-refractivity contribution is 6.03. The van der Waals surface area contributed by atoms with Crippen molar-refractivity contribution in [3.8, 4) is 5.75 Å². The molecule has 1 aliphatic heterocycles. The molecule has 0 unspecified atom stereocenters. The normalized spacial score (nSPS) is 15.2. The lowest BCUT2D eigenvalue weighted by Crippen LogP contribution is -2.25. The van der Waals surface area contributed by atoms with Gasteiger partial charge in [-0.25, -0.2) is 4.99 Å². The van der Waals surface area contributed by atoms with Gasteiger partial charge in [-0.1, -0.05) is 18.2 Å². The Balaban J connectivity index is 1.73. The predicted octanol–water partition coefficient (Wildman–Crippen LogP) is 3.35. The van der Waals surface area contributed by atoms with Gasteiger partial charge >= 0.3 is 0 Å². The van der Waals surface area contributed by atoms with Crippen LogP contribution in [-0.4, -0.2) is 17.4 Å². The maximum Gasteiger partial charge on any atom is 0.146 e. The Kier molecular flexibility index (Phi) is 2.89. The van der Waals surface area contributed by atoms with Gasteiger partial charge in [-0.05, 0) is 24.3 Å². The molecule has 5 nitrogen and oxygen atoms in total. The third-order valence-electron chi connectivity index (χ3n) is 3.52. The van der Waals surface area contributed by atoms with Crippen molar-refractivity contribution in [1.29, 1.82) is 0 Å². The fraction of sp³-hybridized carbons (Fsp3) is 0.0588. The van der Waals surface area contributed by atoms with Crippen LogP contribution in [0.1, 0.15) is 0 Å². The third-order valence-corrected chi connectivity index (χ3v) is 3.52. The van der Waals surface area contributed by atoms with Gasteiger partial charge in [0.25, 0.3) is 0 Å². The van der Waals surface area contributed by atoms with Crippen LogP contribution in [0.25, 0.3) is 10.9 Å². The van der Waals surface area contributed by atoms with Crippen molar-refractivity contribution in [1.82, 2.24) is 4.98 Å². The van der Waals surface area contributed by atoms with Gasteiger partial charge in [-0.2, -0.15) is 0 Å². The van der Waals surface area contributed by atoms with E-state index in [1.54, 1.807) is 12.3 Å². The first-order chi connectivity index (χ1) is 10.8. The lowest BCUT2D eigenvalue weighted by atomic mass is 10.2. The molecule has 0 saturated carbocycles. The number of hydrogen-bond donors (Lipinski definition) is 2. The lowest BCUT2D eigenvalue weighted by Gasteiger charge is -2.21. The van der Waals surface area contributed by atoms with Crippen LogP contribution in [0.15, 0.2) is 59.7 Å². The number of aromatic nitrogens is 1. The van der Waals surface area contributed by atoms with Crippen LogP contribution in [0.2, 0.25) is 0 Å². The van der Waals surface area contributed by atoms with Crippen LogP contribution in [0, 0.1) is 0 Å². The standard InChI is InChI=1S/C17H14N4O/c18-12-6-7-13-15(9-12)22-10-16(20-13)21-14-5-1-3-11-4-2-8-19-17(11)14/h1-9H,10,18H2,(H,20,21). The maximum absolute atomic E-state index is 5.76. The number of aliphatic imine (C=N–C) groups is 1. The molecule has 3 aromatic rings. The van der Waals surface area contributed by atoms with Crippen LogP contribution in [0.4, 0.5) is 17.1 Å². The lowest BCUT2D eigenvalue weighted by molar-refractivity contribution is 0.372. The molecule has 2 heterocycles. The molecule has 1 aromatic heterocycles. The van der Waals surface area contributed by atoms with E-state index in [2.05, 4.69) is 15.3 Å². The molecule has 0 amide bonds. The average molecular weight is 290 g/mol. The van der Waals surface area contributed by atoms with Crippen molar-refractivity contribution < 1.29 is 4.74 Å². The first kappa shape index (κ1) is 12.6. The number of nitrogens with two attached hydrogens (primary N) is 1. The van der Waals surface area contributed by atoms with Crippen LogP contribution < -0.4 is 15.8 Å². The summed E-state index contributed by atoms with van der Waals surface area (Å²) >= 11 is 0. The van der Waals surface area contributed by atoms with E-state index in [0.29, 0.717) is 12.3 Å². The van der Waals surface area contributed by atoms with Gasteiger partial charge in [-0.15, -0.1) is 0 Å². The van der Waals surface area contributed by atoms with E-state index in [1.807, 2.05) is 42.5 Å². The highest BCUT2D eigenvalue weighted by Crippen LogP contribution is 2.31. The number of rotatable bonds is 1. The van der Waals surface area contributed by atoms with E-state index in [1.165, 1.54) is 0 Å². The van der Waals surface area contributed by atoms with Crippen molar-refractivity contribution in [2.75, 3.05) is 17.7 Å². The Morgan fingerprint density at radius 3 is 3.00 bits per heavy atom. The number of para-hydroxylation sites is 1. The van der Waals surface area contributed by atoms with Crippen LogP contribution >= 0.6 is 0 Å². The predicted molar refractivity (Wildman–Crippen MR) is 88.8 cm³/mol. The number of nitrogens with zero attached hydrogens (tertiary/aromatic N) is 2. The summed E-state index contributed by atoms with van der Waals surface area (Å²) in [6, 6.07) is 15.4. The zero-order chi connectivity index (χ0) is 14.9. The van der Waals surface area contributed by atoms with E-state index in [0.717, 1.165) is 33.9 Å². The van der Waals surface area contributed by atoms with Gasteiger partial charge in [0.1, 0.15) is 18.2 Å². The number of pyridine rings is 1. The van der Waals surface area contributed by atoms with Gasteiger partial charge in [0.2, 0.25) is 0 Å². The second kappa shape index (κ2) is 5.04. The molecule has 4 rings (SSSR count). The molecule has 5 heteroatoms. The Morgan fingerprint density at radius 2 is 2.05 bits per heavy atom. The quantitative estimate of drug-likeness (QED) is 0.674. The molecule has 0 fully saturated rings. The molecular formula is C17H14N4O. The Labute approximate surface area is 127 Å². The number of amidine groups is 1. The second-order valence-corrected chi connectivity index (χ2v) is 5.08. The number of ether oxygens (including phenoxy) is 1. The number of fused-ring (bicyclic) bond motifs is 2. The molecule has 0 radical (unpaired) electrons. The molecule has 0 atom stereocenters. The average Bonchev–Trinajstić information content (AvgIpc) is 2.55.